The number of hydrogen-bond acceptors (Lipinski definition) is 2. The molecule has 2 nitrogen and oxygen atoms in total. The molecule has 102 valence electrons. The third kappa shape index (κ3) is 3.56. The molecule has 0 fully saturated rings. The highest BCUT2D eigenvalue weighted by Crippen LogP contribution is 2.28. The summed E-state index contributed by atoms with van der Waals surface area (Å²) in [5, 5.41) is 0. The average Bonchev–Trinajstić information content (AvgIpc) is 2.28. The summed E-state index contributed by atoms with van der Waals surface area (Å²) < 4.78 is 68.0. The minimum atomic E-state index is -4.68. The van der Waals surface area contributed by atoms with E-state index in [1.165, 1.54) is 6.92 Å². The van der Waals surface area contributed by atoms with Crippen LogP contribution in [-0.2, 0) is 0 Å². The number of benzene rings is 1. The molecule has 1 aromatic carbocycles. The van der Waals surface area contributed by atoms with Crippen LogP contribution in [0.15, 0.2) is 18.2 Å². The van der Waals surface area contributed by atoms with Crippen LogP contribution in [0, 0.1) is 11.6 Å². The minimum absolute atomic E-state index is 0.0356. The topological polar surface area (TPSA) is 35.2 Å². The summed E-state index contributed by atoms with van der Waals surface area (Å²) in [5.41, 5.74) is 5.31. The van der Waals surface area contributed by atoms with Crippen LogP contribution in [0.1, 0.15) is 13.3 Å². The van der Waals surface area contributed by atoms with Crippen LogP contribution in [0.3, 0.4) is 0 Å². The maximum absolute atomic E-state index is 12.8. The van der Waals surface area contributed by atoms with Crippen LogP contribution < -0.4 is 10.5 Å². The molecule has 7 heteroatoms. The molecular weight excluding hydrogens is 257 g/mol. The molecule has 0 aliphatic carbocycles. The zero-order valence-corrected chi connectivity index (χ0v) is 9.47. The van der Waals surface area contributed by atoms with Crippen LogP contribution >= 0.6 is 0 Å². The quantitative estimate of drug-likeness (QED) is 0.853. The van der Waals surface area contributed by atoms with Crippen molar-refractivity contribution in [2.45, 2.75) is 31.7 Å². The Balaban J connectivity index is 2.93. The summed E-state index contributed by atoms with van der Waals surface area (Å²) >= 11 is 0. The van der Waals surface area contributed by atoms with E-state index in [0.29, 0.717) is 12.1 Å². The van der Waals surface area contributed by atoms with Gasteiger partial charge in [-0.3, -0.25) is 0 Å². The fourth-order valence-electron chi connectivity index (χ4n) is 1.31. The van der Waals surface area contributed by atoms with Crippen LogP contribution in [-0.4, -0.2) is 18.3 Å². The second-order valence-electron chi connectivity index (χ2n) is 3.73. The van der Waals surface area contributed by atoms with Gasteiger partial charge in [-0.25, -0.2) is 8.78 Å². The van der Waals surface area contributed by atoms with Crippen LogP contribution in [0.25, 0.3) is 0 Å². The van der Waals surface area contributed by atoms with Gasteiger partial charge in [0.05, 0.1) is 6.04 Å². The van der Waals surface area contributed by atoms with Crippen molar-refractivity contribution in [3.63, 3.8) is 0 Å². The fraction of sp³-hybridized carbons (Fsp3) is 0.455. The van der Waals surface area contributed by atoms with E-state index < -0.39 is 35.7 Å². The Kier molecular flexibility index (Phi) is 4.50. The molecule has 0 bridgehead atoms. The molecule has 1 aromatic rings. The van der Waals surface area contributed by atoms with E-state index in [2.05, 4.69) is 4.74 Å². The summed E-state index contributed by atoms with van der Waals surface area (Å²) in [6.45, 7) is 1.47. The van der Waals surface area contributed by atoms with Gasteiger partial charge in [-0.05, 0) is 18.6 Å². The Bertz CT molecular complexity index is 407. The predicted octanol–water partition coefficient (Wildman–Crippen LogP) is 3.01. The smallest absolute Gasteiger partial charge is 0.426 e. The molecule has 0 aliphatic heterocycles. The van der Waals surface area contributed by atoms with E-state index in [1.807, 2.05) is 0 Å². The lowest BCUT2D eigenvalue weighted by molar-refractivity contribution is -0.200. The van der Waals surface area contributed by atoms with Gasteiger partial charge in [0.15, 0.2) is 11.6 Å². The van der Waals surface area contributed by atoms with Gasteiger partial charge in [0.25, 0.3) is 0 Å². The minimum Gasteiger partial charge on any atom is -0.479 e. The van der Waals surface area contributed by atoms with E-state index in [9.17, 15) is 22.0 Å². The normalized spacial score (nSPS) is 15.3. The first kappa shape index (κ1) is 14.7. The lowest BCUT2D eigenvalue weighted by Gasteiger charge is -2.26. The fourth-order valence-corrected chi connectivity index (χ4v) is 1.31. The molecule has 2 atom stereocenters. The van der Waals surface area contributed by atoms with Gasteiger partial charge < -0.3 is 10.5 Å². The van der Waals surface area contributed by atoms with Crippen molar-refractivity contribution in [3.8, 4) is 5.75 Å². The van der Waals surface area contributed by atoms with Gasteiger partial charge in [-0.15, -0.1) is 0 Å². The van der Waals surface area contributed by atoms with Crippen LogP contribution in [0.4, 0.5) is 22.0 Å². The monoisotopic (exact) mass is 269 g/mol. The van der Waals surface area contributed by atoms with Gasteiger partial charge >= 0.3 is 6.18 Å². The summed E-state index contributed by atoms with van der Waals surface area (Å²) in [6.07, 6.45) is -6.90. The lowest BCUT2D eigenvalue weighted by Crippen LogP contribution is -2.48. The second kappa shape index (κ2) is 5.51. The molecule has 18 heavy (non-hydrogen) atoms. The van der Waals surface area contributed by atoms with E-state index >= 15 is 0 Å². The predicted molar refractivity (Wildman–Crippen MR) is 55.1 cm³/mol. The molecule has 2 N–H and O–H groups in total. The number of rotatable bonds is 4. The first-order valence-corrected chi connectivity index (χ1v) is 5.19. The van der Waals surface area contributed by atoms with Gasteiger partial charge in [0, 0.05) is 6.07 Å². The SMILES string of the molecule is CCC(N)C(Oc1ccc(F)c(F)c1)C(F)(F)F. The molecule has 0 saturated heterocycles. The van der Waals surface area contributed by atoms with Gasteiger partial charge in [-0.1, -0.05) is 6.92 Å². The molecule has 0 aliphatic rings. The molecule has 0 radical (unpaired) electrons. The summed E-state index contributed by atoms with van der Waals surface area (Å²) in [7, 11) is 0. The lowest BCUT2D eigenvalue weighted by atomic mass is 10.1. The first-order valence-electron chi connectivity index (χ1n) is 5.19. The second-order valence-corrected chi connectivity index (χ2v) is 3.73. The summed E-state index contributed by atoms with van der Waals surface area (Å²) in [6, 6.07) is 0.879. The summed E-state index contributed by atoms with van der Waals surface area (Å²) in [5.74, 6) is -2.86. The van der Waals surface area contributed by atoms with E-state index in [4.69, 9.17) is 5.73 Å². The molecule has 0 spiro atoms. The van der Waals surface area contributed by atoms with Gasteiger partial charge in [-0.2, -0.15) is 13.2 Å². The van der Waals surface area contributed by atoms with Crippen molar-refractivity contribution in [3.05, 3.63) is 29.8 Å². The molecule has 0 heterocycles. The van der Waals surface area contributed by atoms with E-state index in [1.54, 1.807) is 0 Å². The van der Waals surface area contributed by atoms with Crippen LogP contribution in [0.2, 0.25) is 0 Å². The van der Waals surface area contributed by atoms with Crippen molar-refractivity contribution in [1.29, 1.82) is 0 Å². The van der Waals surface area contributed by atoms with Crippen molar-refractivity contribution in [1.82, 2.24) is 0 Å². The number of nitrogens with two attached hydrogens (primary N) is 1. The third-order valence-electron chi connectivity index (χ3n) is 2.34. The Morgan fingerprint density at radius 2 is 1.83 bits per heavy atom. The van der Waals surface area contributed by atoms with Crippen molar-refractivity contribution in [2.24, 2.45) is 5.73 Å². The Hall–Kier alpha value is -1.37. The molecule has 0 amide bonds. The number of halogens is 5. The Morgan fingerprint density at radius 3 is 2.28 bits per heavy atom. The van der Waals surface area contributed by atoms with E-state index in [-0.39, 0.29) is 6.42 Å². The Labute approximate surface area is 101 Å². The Morgan fingerprint density at radius 1 is 1.22 bits per heavy atom. The number of hydrogen-bond donors (Lipinski definition) is 1. The molecule has 1 rings (SSSR count). The molecule has 0 saturated carbocycles. The van der Waals surface area contributed by atoms with Crippen molar-refractivity contribution >= 4 is 0 Å². The van der Waals surface area contributed by atoms with Gasteiger partial charge in [0.1, 0.15) is 5.75 Å². The highest BCUT2D eigenvalue weighted by molar-refractivity contribution is 5.24. The highest BCUT2D eigenvalue weighted by Gasteiger charge is 2.45. The number of ether oxygens (including phenoxy) is 1. The van der Waals surface area contributed by atoms with Crippen LogP contribution in [0.5, 0.6) is 5.75 Å². The zero-order chi connectivity index (χ0) is 13.9. The molecular formula is C11H12F5NO. The van der Waals surface area contributed by atoms with E-state index in [0.717, 1.165) is 6.07 Å². The maximum Gasteiger partial charge on any atom is 0.426 e. The van der Waals surface area contributed by atoms with Crippen molar-refractivity contribution in [2.75, 3.05) is 0 Å². The average molecular weight is 269 g/mol. The van der Waals surface area contributed by atoms with Crippen molar-refractivity contribution < 1.29 is 26.7 Å². The first-order chi connectivity index (χ1) is 8.25. The highest BCUT2D eigenvalue weighted by atomic mass is 19.4. The number of alkyl halides is 3. The van der Waals surface area contributed by atoms with Gasteiger partial charge in [0.2, 0.25) is 6.10 Å². The molecule has 2 unspecified atom stereocenters. The third-order valence-corrected chi connectivity index (χ3v) is 2.34. The summed E-state index contributed by atoms with van der Waals surface area (Å²) in [4.78, 5) is 0. The zero-order valence-electron chi connectivity index (χ0n) is 9.47. The molecule has 0 aromatic heterocycles. The standard InChI is InChI=1S/C11H12F5NO/c1-2-9(17)10(11(14,15)16)18-6-3-4-7(12)8(13)5-6/h3-5,9-10H,2,17H2,1H3. The largest absolute Gasteiger partial charge is 0.479 e. The maximum atomic E-state index is 12.8.